The van der Waals surface area contributed by atoms with E-state index >= 15 is 0 Å². The Morgan fingerprint density at radius 1 is 0.600 bits per heavy atom. The summed E-state index contributed by atoms with van der Waals surface area (Å²) in [6.45, 7) is 32.4. The Morgan fingerprint density at radius 2 is 0.889 bits per heavy atom. The monoisotopic (exact) mass is 655 g/mol. The fourth-order valence-electron chi connectivity index (χ4n) is 6.65. The van der Waals surface area contributed by atoms with Crippen LogP contribution < -0.4 is 0 Å². The highest BCUT2D eigenvalue weighted by Crippen LogP contribution is 2.72. The number of rotatable bonds is 0. The first-order valence-corrected chi connectivity index (χ1v) is 18.1. The van der Waals surface area contributed by atoms with Crippen molar-refractivity contribution in [1.82, 2.24) is 4.90 Å². The number of allylic oxidation sites excluding steroid dienone is 4. The minimum Gasteiger partial charge on any atom is -0.444 e. The van der Waals surface area contributed by atoms with Crippen LogP contribution in [0.3, 0.4) is 0 Å². The Bertz CT molecular complexity index is 1250. The molecule has 0 aromatic carbocycles. The number of piperidine rings is 1. The van der Waals surface area contributed by atoms with Gasteiger partial charge in [0.25, 0.3) is 0 Å². The van der Waals surface area contributed by atoms with Crippen LogP contribution in [-0.2, 0) is 14.3 Å². The number of hydrogen-bond acceptors (Lipinski definition) is 6. The molecule has 0 atom stereocenters. The fraction of sp³-hybridized carbons (Fsp3) is 0.711. The fourth-order valence-corrected chi connectivity index (χ4v) is 11.2. The second-order valence-electron chi connectivity index (χ2n) is 18.6. The average molecular weight is 656 g/mol. The molecule has 0 radical (unpaired) electrons. The lowest BCUT2D eigenvalue weighted by Gasteiger charge is -2.46. The van der Waals surface area contributed by atoms with Crippen LogP contribution in [0.25, 0.3) is 0 Å². The number of likely N-dealkylation sites (tertiary alicyclic amines) is 1. The van der Waals surface area contributed by atoms with Crippen molar-refractivity contribution >= 4 is 41.2 Å². The maximum atomic E-state index is 14.2. The van der Waals surface area contributed by atoms with E-state index in [0.717, 1.165) is 35.1 Å². The van der Waals surface area contributed by atoms with Crippen LogP contribution in [0.1, 0.15) is 117 Å². The molecule has 0 N–H and O–H groups in total. The number of nitrogens with zero attached hydrogens (tertiary/aromatic N) is 1. The zero-order valence-corrected chi connectivity index (χ0v) is 32.2. The third-order valence-corrected chi connectivity index (χ3v) is 13.2. The van der Waals surface area contributed by atoms with Gasteiger partial charge in [-0.25, -0.2) is 4.79 Å². The molecule has 0 unspecified atom stereocenters. The third kappa shape index (κ3) is 6.82. The van der Waals surface area contributed by atoms with Crippen LogP contribution in [0.2, 0.25) is 0 Å². The lowest BCUT2D eigenvalue weighted by atomic mass is 9.65. The van der Waals surface area contributed by atoms with Crippen molar-refractivity contribution < 1.29 is 19.1 Å². The summed E-state index contributed by atoms with van der Waals surface area (Å²) in [4.78, 5) is 43.4. The van der Waals surface area contributed by atoms with Gasteiger partial charge in [0.05, 0.1) is 13.6 Å². The molecule has 4 aliphatic rings. The van der Waals surface area contributed by atoms with Crippen LogP contribution >= 0.6 is 23.5 Å². The molecule has 3 spiro atoms. The van der Waals surface area contributed by atoms with Gasteiger partial charge in [0, 0.05) is 35.4 Å². The van der Waals surface area contributed by atoms with Gasteiger partial charge in [-0.2, -0.15) is 0 Å². The lowest BCUT2D eigenvalue weighted by Crippen LogP contribution is -2.48. The lowest BCUT2D eigenvalue weighted by molar-refractivity contribution is -0.115. The Hall–Kier alpha value is -1.73. The first kappa shape index (κ1) is 36.1. The van der Waals surface area contributed by atoms with E-state index in [-0.39, 0.29) is 43.4 Å². The van der Waals surface area contributed by atoms with Crippen molar-refractivity contribution in [2.24, 2.45) is 21.7 Å². The zero-order chi connectivity index (χ0) is 34.4. The number of hydrogen-bond donors (Lipinski definition) is 0. The van der Waals surface area contributed by atoms with Gasteiger partial charge in [0.2, 0.25) is 0 Å². The van der Waals surface area contributed by atoms with Crippen LogP contribution in [-0.4, -0.2) is 54.8 Å². The summed E-state index contributed by atoms with van der Waals surface area (Å²) < 4.78 is 4.27. The number of fused-ring (bicyclic) bond motifs is 1. The van der Waals surface area contributed by atoms with Gasteiger partial charge in [0.15, 0.2) is 11.6 Å². The number of carbonyl (C=O) groups is 3. The molecule has 2 fully saturated rings. The molecule has 2 heterocycles. The Morgan fingerprint density at radius 3 is 1.13 bits per heavy atom. The van der Waals surface area contributed by atoms with Gasteiger partial charge in [-0.1, -0.05) is 107 Å². The predicted molar refractivity (Wildman–Crippen MR) is 191 cm³/mol. The summed E-state index contributed by atoms with van der Waals surface area (Å²) in [5, 5.41) is 0. The van der Waals surface area contributed by atoms with Gasteiger partial charge in [0.1, 0.15) is 5.60 Å². The number of carbonyl (C=O) groups excluding carboxylic acids is 3. The van der Waals surface area contributed by atoms with Crippen LogP contribution in [0, 0.1) is 21.7 Å². The molecule has 0 bridgehead atoms. The number of ether oxygens (including phenoxy) is 1. The summed E-state index contributed by atoms with van der Waals surface area (Å²) in [5.74, 6) is 0.239. The molecule has 45 heavy (non-hydrogen) atoms. The van der Waals surface area contributed by atoms with Crippen molar-refractivity contribution in [3.63, 3.8) is 0 Å². The van der Waals surface area contributed by atoms with E-state index in [9.17, 15) is 14.4 Å². The highest BCUT2D eigenvalue weighted by atomic mass is 32.2. The van der Waals surface area contributed by atoms with Crippen LogP contribution in [0.5, 0.6) is 0 Å². The molecular weight excluding hydrogens is 599 g/mol. The molecule has 2 aliphatic heterocycles. The van der Waals surface area contributed by atoms with E-state index < -0.39 is 15.1 Å². The molecule has 4 rings (SSSR count). The summed E-state index contributed by atoms with van der Waals surface area (Å²) in [6, 6.07) is 0. The number of thioether (sulfide) groups is 2. The molecule has 5 nitrogen and oxygen atoms in total. The molecular formula is C38H57NO4S2. The highest BCUT2D eigenvalue weighted by molar-refractivity contribution is 8.23. The first-order valence-electron chi connectivity index (χ1n) is 16.5. The largest absolute Gasteiger partial charge is 0.444 e. The smallest absolute Gasteiger partial charge is 0.410 e. The summed E-state index contributed by atoms with van der Waals surface area (Å²) in [7, 11) is 0. The molecule has 2 aliphatic carbocycles. The SMILES string of the molecule is CC(C)(C)OC(=O)N1CCC2(CC1)SC1(C=C(C(C)(C)C)C(=O)C(C(C)(C)C)=C1)C1(C=C(C(C)(C)C)C(=O)C(C(C)(C)C)=C1)S2. The second kappa shape index (κ2) is 10.9. The van der Waals surface area contributed by atoms with E-state index in [4.69, 9.17) is 4.74 Å². The first-order chi connectivity index (χ1) is 20.1. The number of amides is 1. The number of Topliss-reactive ketones (excluding diaryl/α,β-unsaturated/α-hetero) is 2. The molecule has 1 amide bonds. The summed E-state index contributed by atoms with van der Waals surface area (Å²) in [5.41, 5.74) is 1.31. The average Bonchev–Trinajstić information content (AvgIpc) is 3.06. The van der Waals surface area contributed by atoms with Crippen molar-refractivity contribution in [2.75, 3.05) is 13.1 Å². The van der Waals surface area contributed by atoms with E-state index in [1.165, 1.54) is 0 Å². The van der Waals surface area contributed by atoms with E-state index in [0.29, 0.717) is 13.1 Å². The van der Waals surface area contributed by atoms with Crippen LogP contribution in [0.4, 0.5) is 4.79 Å². The van der Waals surface area contributed by atoms with E-state index in [2.05, 4.69) is 107 Å². The Labute approximate surface area is 281 Å². The van der Waals surface area contributed by atoms with Gasteiger partial charge < -0.3 is 9.64 Å². The molecule has 0 saturated carbocycles. The topological polar surface area (TPSA) is 63.7 Å². The normalized spacial score (nSPS) is 23.7. The van der Waals surface area contributed by atoms with Crippen molar-refractivity contribution in [3.8, 4) is 0 Å². The zero-order valence-electron chi connectivity index (χ0n) is 30.5. The summed E-state index contributed by atoms with van der Waals surface area (Å²) in [6.07, 6.45) is 10.3. The molecule has 250 valence electrons. The number of ketones is 2. The minimum atomic E-state index is -0.613. The Kier molecular flexibility index (Phi) is 8.75. The maximum Gasteiger partial charge on any atom is 0.410 e. The third-order valence-electron chi connectivity index (χ3n) is 9.14. The standard InChI is InChI=1S/C38H57NO4S2/c1-31(2,3)24-20-36(21-25(28(24)40)32(4,5)6)37(22-26(33(7,8)9)29(41)27(23-37)34(10,11)12)45-38(44-36)16-18-39(19-17-38)30(42)43-35(13,14)15/h20-23H,16-19H2,1-15H3. The van der Waals surface area contributed by atoms with Gasteiger partial charge >= 0.3 is 6.09 Å². The summed E-state index contributed by atoms with van der Waals surface area (Å²) >= 11 is 3.87. The molecule has 0 aromatic heterocycles. The van der Waals surface area contributed by atoms with Crippen molar-refractivity contribution in [2.45, 2.75) is 136 Å². The quantitative estimate of drug-likeness (QED) is 0.259. The van der Waals surface area contributed by atoms with Gasteiger partial charge in [-0.3, -0.25) is 9.59 Å². The van der Waals surface area contributed by atoms with Crippen LogP contribution in [0.15, 0.2) is 46.6 Å². The van der Waals surface area contributed by atoms with Crippen molar-refractivity contribution in [1.29, 1.82) is 0 Å². The van der Waals surface area contributed by atoms with E-state index in [1.54, 1.807) is 0 Å². The molecule has 2 saturated heterocycles. The maximum absolute atomic E-state index is 14.2. The molecule has 0 aromatic rings. The molecule has 7 heteroatoms. The highest BCUT2D eigenvalue weighted by Gasteiger charge is 2.65. The minimum absolute atomic E-state index is 0.119. The second-order valence-corrected chi connectivity index (χ2v) is 22.1. The van der Waals surface area contributed by atoms with Gasteiger partial charge in [-0.05, 0) is 55.3 Å². The predicted octanol–water partition coefficient (Wildman–Crippen LogP) is 9.73. The van der Waals surface area contributed by atoms with Gasteiger partial charge in [-0.15, -0.1) is 23.5 Å². The van der Waals surface area contributed by atoms with E-state index in [1.807, 2.05) is 49.2 Å². The van der Waals surface area contributed by atoms with Crippen molar-refractivity contribution in [3.05, 3.63) is 46.6 Å². The Balaban J connectivity index is 2.00.